The van der Waals surface area contributed by atoms with Gasteiger partial charge in [0.1, 0.15) is 0 Å². The van der Waals surface area contributed by atoms with Crippen LogP contribution < -0.4 is 4.74 Å². The Morgan fingerprint density at radius 3 is 2.35 bits per heavy atom. The van der Waals surface area contributed by atoms with Crippen LogP contribution in [0.15, 0.2) is 6.07 Å². The lowest BCUT2D eigenvalue weighted by atomic mass is 9.94. The maximum atomic E-state index is 10.8. The molecule has 20 heavy (non-hydrogen) atoms. The Labute approximate surface area is 120 Å². The predicted octanol–water partition coefficient (Wildman–Crippen LogP) is 4.31. The quantitative estimate of drug-likeness (QED) is 0.577. The van der Waals surface area contributed by atoms with Crippen LogP contribution in [0.1, 0.15) is 56.7 Å². The molecule has 0 unspecified atom stereocenters. The molecule has 0 amide bonds. The van der Waals surface area contributed by atoms with E-state index in [1.165, 1.54) is 0 Å². The molecule has 0 saturated heterocycles. The second-order valence-corrected chi connectivity index (χ2v) is 4.93. The third-order valence-electron chi connectivity index (χ3n) is 3.39. The maximum absolute atomic E-state index is 10.8. The summed E-state index contributed by atoms with van der Waals surface area (Å²) in [5.41, 5.74) is 2.67. The summed E-state index contributed by atoms with van der Waals surface area (Å²) in [6, 6.07) is 2.00. The first-order valence-electron chi connectivity index (χ1n) is 7.32. The van der Waals surface area contributed by atoms with E-state index in [-0.39, 0.29) is 11.5 Å². The number of rotatable bonds is 7. The van der Waals surface area contributed by atoms with Gasteiger partial charge in [0.2, 0.25) is 0 Å². The fourth-order valence-electron chi connectivity index (χ4n) is 2.45. The zero-order valence-corrected chi connectivity index (χ0v) is 12.5. The number of ether oxygens (including phenoxy) is 1. The highest BCUT2D eigenvalue weighted by Gasteiger charge is 2.19. The van der Waals surface area contributed by atoms with E-state index in [0.29, 0.717) is 12.8 Å². The van der Waals surface area contributed by atoms with Crippen LogP contribution in [-0.2, 0) is 19.3 Å². The van der Waals surface area contributed by atoms with Gasteiger partial charge in [0.15, 0.2) is 11.5 Å². The molecule has 0 saturated carbocycles. The van der Waals surface area contributed by atoms with Gasteiger partial charge in [0.05, 0.1) is 0 Å². The average Bonchev–Trinajstić information content (AvgIpc) is 2.40. The lowest BCUT2D eigenvalue weighted by molar-refractivity contribution is 0.142. The SMILES string of the molecule is CCCCc1cc(CCC)c(CC)c(O)c1OC(=O)O. The van der Waals surface area contributed by atoms with Crippen LogP contribution in [0.25, 0.3) is 0 Å². The Bertz CT molecular complexity index is 466. The number of aromatic hydroxyl groups is 1. The largest absolute Gasteiger partial charge is 0.511 e. The van der Waals surface area contributed by atoms with Crippen LogP contribution in [0.2, 0.25) is 0 Å². The van der Waals surface area contributed by atoms with Crippen molar-refractivity contribution >= 4 is 6.16 Å². The lowest BCUT2D eigenvalue weighted by Crippen LogP contribution is -2.08. The third kappa shape index (κ3) is 3.89. The number of hydrogen-bond donors (Lipinski definition) is 2. The van der Waals surface area contributed by atoms with Crippen LogP contribution in [0.3, 0.4) is 0 Å². The summed E-state index contributed by atoms with van der Waals surface area (Å²) in [4.78, 5) is 10.8. The van der Waals surface area contributed by atoms with Crippen molar-refractivity contribution in [2.75, 3.05) is 0 Å². The Morgan fingerprint density at radius 1 is 1.15 bits per heavy atom. The second kappa shape index (κ2) is 7.78. The van der Waals surface area contributed by atoms with Crippen molar-refractivity contribution in [3.63, 3.8) is 0 Å². The monoisotopic (exact) mass is 280 g/mol. The second-order valence-electron chi connectivity index (χ2n) is 4.93. The molecule has 1 aromatic carbocycles. The van der Waals surface area contributed by atoms with Gasteiger partial charge in [-0.05, 0) is 36.8 Å². The molecule has 0 aliphatic carbocycles. The highest BCUT2D eigenvalue weighted by Crippen LogP contribution is 2.38. The number of carboxylic acid groups (broad SMARTS) is 1. The number of phenols is 1. The molecule has 2 N–H and O–H groups in total. The first kappa shape index (κ1) is 16.3. The number of aryl methyl sites for hydroxylation is 2. The van der Waals surface area contributed by atoms with E-state index in [1.54, 1.807) is 0 Å². The Balaban J connectivity index is 3.32. The summed E-state index contributed by atoms with van der Waals surface area (Å²) in [6.07, 6.45) is 3.79. The fourth-order valence-corrected chi connectivity index (χ4v) is 2.45. The predicted molar refractivity (Wildman–Crippen MR) is 78.7 cm³/mol. The molecule has 112 valence electrons. The molecular formula is C16H24O4. The first-order chi connectivity index (χ1) is 9.54. The summed E-state index contributed by atoms with van der Waals surface area (Å²) in [7, 11) is 0. The van der Waals surface area contributed by atoms with Crippen molar-refractivity contribution in [2.24, 2.45) is 0 Å². The van der Waals surface area contributed by atoms with E-state index in [9.17, 15) is 9.90 Å². The first-order valence-corrected chi connectivity index (χ1v) is 7.32. The average molecular weight is 280 g/mol. The van der Waals surface area contributed by atoms with Gasteiger partial charge >= 0.3 is 6.16 Å². The molecule has 0 aliphatic rings. The minimum Gasteiger partial charge on any atom is -0.504 e. The van der Waals surface area contributed by atoms with Gasteiger partial charge in [-0.1, -0.05) is 39.7 Å². The van der Waals surface area contributed by atoms with Crippen molar-refractivity contribution in [2.45, 2.75) is 59.3 Å². The molecular weight excluding hydrogens is 256 g/mol. The van der Waals surface area contributed by atoms with Gasteiger partial charge in [-0.25, -0.2) is 4.79 Å². The summed E-state index contributed by atoms with van der Waals surface area (Å²) in [5, 5.41) is 19.2. The highest BCUT2D eigenvalue weighted by molar-refractivity contribution is 5.66. The zero-order valence-electron chi connectivity index (χ0n) is 12.5. The summed E-state index contributed by atoms with van der Waals surface area (Å²) in [6.45, 7) is 6.11. The van der Waals surface area contributed by atoms with Gasteiger partial charge in [-0.3, -0.25) is 0 Å². The molecule has 0 radical (unpaired) electrons. The van der Waals surface area contributed by atoms with Crippen molar-refractivity contribution in [1.82, 2.24) is 0 Å². The number of hydrogen-bond acceptors (Lipinski definition) is 3. The zero-order chi connectivity index (χ0) is 15.1. The molecule has 0 fully saturated rings. The standard InChI is InChI=1S/C16H24O4/c1-4-7-9-12-10-11(8-5-2)13(6-3)14(17)15(12)20-16(18)19/h10,17H,4-9H2,1-3H3,(H,18,19). The maximum Gasteiger partial charge on any atom is 0.511 e. The van der Waals surface area contributed by atoms with Crippen LogP contribution in [0, 0.1) is 0 Å². The van der Waals surface area contributed by atoms with Crippen molar-refractivity contribution in [3.05, 3.63) is 22.8 Å². The highest BCUT2D eigenvalue weighted by atomic mass is 16.7. The van der Waals surface area contributed by atoms with Gasteiger partial charge in [0.25, 0.3) is 0 Å². The molecule has 0 spiro atoms. The van der Waals surface area contributed by atoms with Crippen molar-refractivity contribution < 1.29 is 19.7 Å². The number of benzene rings is 1. The van der Waals surface area contributed by atoms with Gasteiger partial charge in [-0.2, -0.15) is 0 Å². The molecule has 4 nitrogen and oxygen atoms in total. The Kier molecular flexibility index (Phi) is 6.36. The van der Waals surface area contributed by atoms with Crippen LogP contribution in [0.5, 0.6) is 11.5 Å². The Morgan fingerprint density at radius 2 is 1.85 bits per heavy atom. The molecule has 0 aromatic heterocycles. The van der Waals surface area contributed by atoms with Crippen LogP contribution in [-0.4, -0.2) is 16.4 Å². The summed E-state index contributed by atoms with van der Waals surface area (Å²) >= 11 is 0. The van der Waals surface area contributed by atoms with E-state index in [0.717, 1.165) is 42.4 Å². The lowest BCUT2D eigenvalue weighted by Gasteiger charge is -2.17. The molecule has 1 rings (SSSR count). The normalized spacial score (nSPS) is 10.6. The summed E-state index contributed by atoms with van der Waals surface area (Å²) < 4.78 is 4.82. The van der Waals surface area contributed by atoms with Crippen LogP contribution in [0.4, 0.5) is 4.79 Å². The molecule has 0 aliphatic heterocycles. The van der Waals surface area contributed by atoms with Gasteiger partial charge < -0.3 is 14.9 Å². The fraction of sp³-hybridized carbons (Fsp3) is 0.562. The van der Waals surface area contributed by atoms with Crippen LogP contribution >= 0.6 is 0 Å². The molecule has 0 heterocycles. The van der Waals surface area contributed by atoms with E-state index in [2.05, 4.69) is 13.8 Å². The number of carbonyl (C=O) groups is 1. The van der Waals surface area contributed by atoms with Crippen molar-refractivity contribution in [1.29, 1.82) is 0 Å². The number of unbranched alkanes of at least 4 members (excludes halogenated alkanes) is 1. The molecule has 0 bridgehead atoms. The van der Waals surface area contributed by atoms with E-state index < -0.39 is 6.16 Å². The topological polar surface area (TPSA) is 66.8 Å². The summed E-state index contributed by atoms with van der Waals surface area (Å²) in [5.74, 6) is 0.106. The number of phenolic OH excluding ortho intramolecular Hbond substituents is 1. The molecule has 0 atom stereocenters. The third-order valence-corrected chi connectivity index (χ3v) is 3.39. The molecule has 1 aromatic rings. The van der Waals surface area contributed by atoms with E-state index in [1.807, 2.05) is 13.0 Å². The van der Waals surface area contributed by atoms with Crippen molar-refractivity contribution in [3.8, 4) is 11.5 Å². The van der Waals surface area contributed by atoms with Gasteiger partial charge in [-0.15, -0.1) is 0 Å². The van der Waals surface area contributed by atoms with Gasteiger partial charge in [0, 0.05) is 5.56 Å². The minimum absolute atomic E-state index is 0.00745. The smallest absolute Gasteiger partial charge is 0.504 e. The minimum atomic E-state index is -1.39. The molecule has 4 heteroatoms. The van der Waals surface area contributed by atoms with E-state index in [4.69, 9.17) is 9.84 Å². The Hall–Kier alpha value is -1.71. The van der Waals surface area contributed by atoms with E-state index >= 15 is 0 Å².